The molecule has 1 N–H and O–H groups in total. The summed E-state index contributed by atoms with van der Waals surface area (Å²) in [6.45, 7) is 16.5. The zero-order valence-electron chi connectivity index (χ0n) is 21.7. The van der Waals surface area contributed by atoms with Gasteiger partial charge in [0.1, 0.15) is 11.6 Å². The summed E-state index contributed by atoms with van der Waals surface area (Å²) in [5.41, 5.74) is 2.12. The topological polar surface area (TPSA) is 52.7 Å². The van der Waals surface area contributed by atoms with Gasteiger partial charge in [0, 0.05) is 26.2 Å². The Morgan fingerprint density at radius 1 is 1.03 bits per heavy atom. The van der Waals surface area contributed by atoms with E-state index in [2.05, 4.69) is 76.0 Å². The molecule has 1 spiro atoms. The van der Waals surface area contributed by atoms with E-state index in [9.17, 15) is 9.59 Å². The number of hydrogen-bond acceptors (Lipinski definition) is 3. The molecule has 2 saturated heterocycles. The lowest BCUT2D eigenvalue weighted by Crippen LogP contribution is -2.73. The molecular weight excluding hydrogens is 410 g/mol. The Hall–Kier alpha value is -1.88. The second-order valence-electron chi connectivity index (χ2n) is 11.2. The van der Waals surface area contributed by atoms with Crippen molar-refractivity contribution in [3.05, 3.63) is 35.4 Å². The average Bonchev–Trinajstić information content (AvgIpc) is 2.76. The van der Waals surface area contributed by atoms with Crippen molar-refractivity contribution in [1.82, 2.24) is 15.1 Å². The zero-order valence-corrected chi connectivity index (χ0v) is 21.7. The normalized spacial score (nSPS) is 22.3. The molecule has 0 bridgehead atoms. The van der Waals surface area contributed by atoms with Gasteiger partial charge in [-0.25, -0.2) is 0 Å². The lowest BCUT2D eigenvalue weighted by atomic mass is 9.80. The molecular formula is C28H45N3O2. The minimum absolute atomic E-state index is 0.0686. The summed E-state index contributed by atoms with van der Waals surface area (Å²) in [7, 11) is 0. The molecule has 1 aromatic rings. The van der Waals surface area contributed by atoms with Crippen LogP contribution in [-0.4, -0.2) is 59.4 Å². The molecule has 2 heterocycles. The van der Waals surface area contributed by atoms with E-state index in [1.165, 1.54) is 11.1 Å². The maximum Gasteiger partial charge on any atom is 0.246 e. The molecule has 0 aromatic heterocycles. The molecule has 0 saturated carbocycles. The van der Waals surface area contributed by atoms with Gasteiger partial charge in [-0.1, -0.05) is 65.8 Å². The third kappa shape index (κ3) is 5.98. The number of piperazine rings is 1. The van der Waals surface area contributed by atoms with Gasteiger partial charge in [-0.05, 0) is 61.0 Å². The first-order valence-corrected chi connectivity index (χ1v) is 13.1. The third-order valence-electron chi connectivity index (χ3n) is 7.45. The van der Waals surface area contributed by atoms with Crippen LogP contribution in [0.3, 0.4) is 0 Å². The number of rotatable bonds is 9. The van der Waals surface area contributed by atoms with E-state index >= 15 is 0 Å². The SMILES string of the molecule is CCCN1C(=O)C(CC(C)C)NC(=O)C12CCN(CC(C)Cc1ccc(C(C)C)cc1)CC2. The molecule has 2 fully saturated rings. The van der Waals surface area contributed by atoms with E-state index < -0.39 is 5.54 Å². The van der Waals surface area contributed by atoms with E-state index in [0.29, 0.717) is 30.7 Å². The van der Waals surface area contributed by atoms with Gasteiger partial charge in [0.25, 0.3) is 0 Å². The quantitative estimate of drug-likeness (QED) is 0.592. The van der Waals surface area contributed by atoms with Gasteiger partial charge in [-0.15, -0.1) is 0 Å². The highest BCUT2D eigenvalue weighted by Crippen LogP contribution is 2.34. The Bertz CT molecular complexity index is 794. The van der Waals surface area contributed by atoms with Crippen LogP contribution in [0.4, 0.5) is 0 Å². The number of hydrogen-bond donors (Lipinski definition) is 1. The van der Waals surface area contributed by atoms with Crippen LogP contribution in [0.25, 0.3) is 0 Å². The highest BCUT2D eigenvalue weighted by atomic mass is 16.2. The molecule has 5 heteroatoms. The number of benzene rings is 1. The second kappa shape index (κ2) is 11.0. The number of piperidine rings is 1. The molecule has 2 amide bonds. The molecule has 2 aliphatic heterocycles. The molecule has 2 aliphatic rings. The lowest BCUT2D eigenvalue weighted by molar-refractivity contribution is -0.161. The number of carbonyl (C=O) groups excluding carboxylic acids is 2. The molecule has 3 rings (SSSR count). The van der Waals surface area contributed by atoms with Gasteiger partial charge in [0.05, 0.1) is 0 Å². The van der Waals surface area contributed by atoms with E-state index in [1.54, 1.807) is 0 Å². The summed E-state index contributed by atoms with van der Waals surface area (Å²) < 4.78 is 0. The summed E-state index contributed by atoms with van der Waals surface area (Å²) in [4.78, 5) is 31.0. The smallest absolute Gasteiger partial charge is 0.246 e. The molecule has 2 atom stereocenters. The maximum atomic E-state index is 13.3. The van der Waals surface area contributed by atoms with Gasteiger partial charge in [0.2, 0.25) is 11.8 Å². The minimum atomic E-state index is -0.660. The van der Waals surface area contributed by atoms with Crippen LogP contribution in [0.15, 0.2) is 24.3 Å². The standard InChI is InChI=1S/C28H45N3O2/c1-7-14-31-26(32)25(17-20(2)3)29-27(33)28(31)12-15-30(16-13-28)19-22(6)18-23-8-10-24(11-9-23)21(4)5/h8-11,20-22,25H,7,12-19H2,1-6H3,(H,29,33). The molecule has 0 radical (unpaired) electrons. The lowest BCUT2D eigenvalue weighted by Gasteiger charge is -2.52. The predicted octanol–water partition coefficient (Wildman–Crippen LogP) is 4.61. The van der Waals surface area contributed by atoms with Crippen LogP contribution in [0.5, 0.6) is 0 Å². The number of likely N-dealkylation sites (tertiary alicyclic amines) is 1. The Morgan fingerprint density at radius 2 is 1.67 bits per heavy atom. The van der Waals surface area contributed by atoms with Gasteiger partial charge < -0.3 is 15.1 Å². The van der Waals surface area contributed by atoms with Crippen molar-refractivity contribution in [3.63, 3.8) is 0 Å². The number of amides is 2. The van der Waals surface area contributed by atoms with Crippen LogP contribution in [0.2, 0.25) is 0 Å². The third-order valence-corrected chi connectivity index (χ3v) is 7.45. The first-order chi connectivity index (χ1) is 15.7. The fourth-order valence-electron chi connectivity index (χ4n) is 5.60. The van der Waals surface area contributed by atoms with Crippen molar-refractivity contribution in [3.8, 4) is 0 Å². The molecule has 1 aromatic carbocycles. The van der Waals surface area contributed by atoms with Crippen molar-refractivity contribution < 1.29 is 9.59 Å². The van der Waals surface area contributed by atoms with Crippen molar-refractivity contribution >= 4 is 11.8 Å². The summed E-state index contributed by atoms with van der Waals surface area (Å²) in [5.74, 6) is 1.68. The highest BCUT2D eigenvalue weighted by molar-refractivity contribution is 6.00. The second-order valence-corrected chi connectivity index (χ2v) is 11.2. The first-order valence-electron chi connectivity index (χ1n) is 13.1. The van der Waals surface area contributed by atoms with E-state index in [0.717, 1.165) is 45.3 Å². The van der Waals surface area contributed by atoms with Crippen LogP contribution in [0.1, 0.15) is 84.3 Å². The van der Waals surface area contributed by atoms with Crippen molar-refractivity contribution in [2.45, 2.75) is 91.1 Å². The van der Waals surface area contributed by atoms with Crippen LogP contribution >= 0.6 is 0 Å². The molecule has 5 nitrogen and oxygen atoms in total. The van der Waals surface area contributed by atoms with Gasteiger partial charge in [0.15, 0.2) is 0 Å². The van der Waals surface area contributed by atoms with Crippen molar-refractivity contribution in [2.75, 3.05) is 26.2 Å². The Balaban J connectivity index is 1.59. The number of nitrogens with zero attached hydrogens (tertiary/aromatic N) is 2. The maximum absolute atomic E-state index is 13.3. The van der Waals surface area contributed by atoms with Gasteiger partial charge in [-0.3, -0.25) is 9.59 Å². The summed E-state index contributed by atoms with van der Waals surface area (Å²) in [6, 6.07) is 8.68. The highest BCUT2D eigenvalue weighted by Gasteiger charge is 2.53. The molecule has 2 unspecified atom stereocenters. The molecule has 0 aliphatic carbocycles. The Labute approximate surface area is 201 Å². The van der Waals surface area contributed by atoms with Crippen molar-refractivity contribution in [1.29, 1.82) is 0 Å². The average molecular weight is 456 g/mol. The summed E-state index contributed by atoms with van der Waals surface area (Å²) in [6.07, 6.45) is 4.12. The first kappa shape index (κ1) is 25.7. The van der Waals surface area contributed by atoms with E-state index in [1.807, 2.05) is 4.90 Å². The number of nitrogens with one attached hydrogen (secondary N) is 1. The Morgan fingerprint density at radius 3 is 2.21 bits per heavy atom. The number of carbonyl (C=O) groups is 2. The Kier molecular flexibility index (Phi) is 8.60. The zero-order chi connectivity index (χ0) is 24.2. The summed E-state index contributed by atoms with van der Waals surface area (Å²) >= 11 is 0. The van der Waals surface area contributed by atoms with Crippen LogP contribution < -0.4 is 5.32 Å². The van der Waals surface area contributed by atoms with E-state index in [4.69, 9.17) is 0 Å². The monoisotopic (exact) mass is 455 g/mol. The van der Waals surface area contributed by atoms with E-state index in [-0.39, 0.29) is 17.9 Å². The fraction of sp³-hybridized carbons (Fsp3) is 0.714. The van der Waals surface area contributed by atoms with Crippen LogP contribution in [-0.2, 0) is 16.0 Å². The van der Waals surface area contributed by atoms with Crippen LogP contribution in [0, 0.1) is 11.8 Å². The minimum Gasteiger partial charge on any atom is -0.342 e. The van der Waals surface area contributed by atoms with Crippen molar-refractivity contribution in [2.24, 2.45) is 11.8 Å². The fourth-order valence-corrected chi connectivity index (χ4v) is 5.60. The van der Waals surface area contributed by atoms with Gasteiger partial charge in [-0.2, -0.15) is 0 Å². The largest absolute Gasteiger partial charge is 0.342 e. The molecule has 184 valence electrons. The van der Waals surface area contributed by atoms with Gasteiger partial charge >= 0.3 is 0 Å². The predicted molar refractivity (Wildman–Crippen MR) is 135 cm³/mol. The molecule has 33 heavy (non-hydrogen) atoms. The summed E-state index contributed by atoms with van der Waals surface area (Å²) in [5, 5.41) is 3.10.